The van der Waals surface area contributed by atoms with E-state index in [0.29, 0.717) is 73.4 Å². The minimum Gasteiger partial charge on any atom is -0.506 e. The summed E-state index contributed by atoms with van der Waals surface area (Å²) < 4.78 is 0. The van der Waals surface area contributed by atoms with Crippen molar-refractivity contribution in [2.24, 2.45) is 34.8 Å². The first-order chi connectivity index (χ1) is 20.2. The van der Waals surface area contributed by atoms with E-state index in [-0.39, 0.29) is 41.3 Å². The number of rotatable bonds is 8. The van der Waals surface area contributed by atoms with Gasteiger partial charge in [0.2, 0.25) is 17.8 Å². The van der Waals surface area contributed by atoms with Gasteiger partial charge in [0, 0.05) is 60.6 Å². The maximum Gasteiger partial charge on any atom is 0.255 e. The van der Waals surface area contributed by atoms with Crippen LogP contribution in [0.4, 0.5) is 29.2 Å². The third kappa shape index (κ3) is 7.17. The molecule has 3 aromatic rings. The second-order valence-electron chi connectivity index (χ2n) is 11.1. The summed E-state index contributed by atoms with van der Waals surface area (Å²) in [6.45, 7) is 3.64. The molecular formula is C28H38ClN11O2. The number of anilines is 5. The van der Waals surface area contributed by atoms with Crippen LogP contribution in [0.1, 0.15) is 23.2 Å². The molecule has 14 heteroatoms. The largest absolute Gasteiger partial charge is 0.506 e. The molecule has 0 bridgehead atoms. The van der Waals surface area contributed by atoms with Crippen molar-refractivity contribution < 1.29 is 9.90 Å². The van der Waals surface area contributed by atoms with Gasteiger partial charge < -0.3 is 48.5 Å². The van der Waals surface area contributed by atoms with Crippen LogP contribution in [0, 0.1) is 11.8 Å². The smallest absolute Gasteiger partial charge is 0.255 e. The maximum absolute atomic E-state index is 12.6. The molecule has 4 atom stereocenters. The number of amides is 1. The van der Waals surface area contributed by atoms with E-state index >= 15 is 0 Å². The minimum atomic E-state index is -0.375. The fraction of sp³-hybridized carbons (Fsp3) is 0.429. The van der Waals surface area contributed by atoms with Crippen LogP contribution in [0.5, 0.6) is 5.75 Å². The van der Waals surface area contributed by atoms with Gasteiger partial charge in [-0.1, -0.05) is 11.6 Å². The summed E-state index contributed by atoms with van der Waals surface area (Å²) in [5, 5.41) is 17.1. The highest BCUT2D eigenvalue weighted by atomic mass is 35.5. The van der Waals surface area contributed by atoms with Gasteiger partial charge in [0.1, 0.15) is 5.75 Å². The number of nitrogens with zero attached hydrogens (tertiary/aromatic N) is 5. The first-order valence-corrected chi connectivity index (χ1v) is 14.4. The van der Waals surface area contributed by atoms with Gasteiger partial charge in [-0.3, -0.25) is 4.79 Å². The molecule has 0 unspecified atom stereocenters. The van der Waals surface area contributed by atoms with Crippen LogP contribution in [-0.4, -0.2) is 77.3 Å². The molecule has 0 saturated carbocycles. The Balaban J connectivity index is 1.40. The average Bonchev–Trinajstić information content (AvgIpc) is 2.98. The SMILES string of the molecule is NC[C@@H]1C[C@H](CN)CN(c2nc(Nc3ccc(NC(=O)c4ccc(Cl)cc4)c(O)c3)nc(N3C[C@H](N)C[C@H](N)C3)n2)C1. The number of benzene rings is 2. The molecule has 0 aliphatic carbocycles. The Kier molecular flexibility index (Phi) is 9.24. The van der Waals surface area contributed by atoms with Crippen LogP contribution in [0.2, 0.25) is 5.02 Å². The number of carbonyl (C=O) groups is 1. The van der Waals surface area contributed by atoms with E-state index in [9.17, 15) is 9.90 Å². The molecule has 0 radical (unpaired) electrons. The molecule has 42 heavy (non-hydrogen) atoms. The fourth-order valence-electron chi connectivity index (χ4n) is 5.50. The number of hydrogen-bond donors (Lipinski definition) is 7. The Hall–Kier alpha value is -3.75. The maximum atomic E-state index is 12.6. The lowest BCUT2D eigenvalue weighted by atomic mass is 9.89. The number of piperidine rings is 2. The Bertz CT molecular complexity index is 1370. The van der Waals surface area contributed by atoms with E-state index < -0.39 is 0 Å². The molecule has 1 amide bonds. The van der Waals surface area contributed by atoms with Crippen LogP contribution in [0.15, 0.2) is 42.5 Å². The molecular weight excluding hydrogens is 558 g/mol. The summed E-state index contributed by atoms with van der Waals surface area (Å²) in [4.78, 5) is 30.9. The first-order valence-electron chi connectivity index (χ1n) is 14.0. The second-order valence-corrected chi connectivity index (χ2v) is 11.5. The third-order valence-electron chi connectivity index (χ3n) is 7.59. The van der Waals surface area contributed by atoms with Crippen molar-refractivity contribution in [1.82, 2.24) is 15.0 Å². The summed E-state index contributed by atoms with van der Waals surface area (Å²) in [6, 6.07) is 11.1. The number of phenols is 1. The molecule has 2 fully saturated rings. The third-order valence-corrected chi connectivity index (χ3v) is 7.84. The van der Waals surface area contributed by atoms with Crippen molar-refractivity contribution in [2.75, 3.05) is 59.7 Å². The Morgan fingerprint density at radius 1 is 0.881 bits per heavy atom. The van der Waals surface area contributed by atoms with Crippen LogP contribution in [-0.2, 0) is 0 Å². The normalized spacial score (nSPS) is 22.6. The zero-order valence-electron chi connectivity index (χ0n) is 23.3. The fourth-order valence-corrected chi connectivity index (χ4v) is 5.62. The number of aromatic nitrogens is 3. The molecule has 1 aromatic heterocycles. The summed E-state index contributed by atoms with van der Waals surface area (Å²) in [5.74, 6) is 1.30. The van der Waals surface area contributed by atoms with Gasteiger partial charge in [0.25, 0.3) is 5.91 Å². The molecule has 2 aliphatic heterocycles. The van der Waals surface area contributed by atoms with Crippen molar-refractivity contribution in [3.63, 3.8) is 0 Å². The van der Waals surface area contributed by atoms with Gasteiger partial charge in [-0.05, 0) is 74.2 Å². The molecule has 11 N–H and O–H groups in total. The molecule has 3 heterocycles. The van der Waals surface area contributed by atoms with Gasteiger partial charge in [-0.2, -0.15) is 15.0 Å². The number of nitrogens with one attached hydrogen (secondary N) is 2. The topological polar surface area (TPSA) is 211 Å². The van der Waals surface area contributed by atoms with Crippen molar-refractivity contribution in [3.8, 4) is 5.75 Å². The van der Waals surface area contributed by atoms with Gasteiger partial charge in [-0.25, -0.2) is 0 Å². The number of aromatic hydroxyl groups is 1. The summed E-state index contributed by atoms with van der Waals surface area (Å²) >= 11 is 5.91. The van der Waals surface area contributed by atoms with Crippen LogP contribution < -0.4 is 43.4 Å². The van der Waals surface area contributed by atoms with Crippen molar-refractivity contribution in [2.45, 2.75) is 24.9 Å². The van der Waals surface area contributed by atoms with Crippen molar-refractivity contribution in [1.29, 1.82) is 0 Å². The molecule has 13 nitrogen and oxygen atoms in total. The highest BCUT2D eigenvalue weighted by molar-refractivity contribution is 6.30. The van der Waals surface area contributed by atoms with E-state index in [1.54, 1.807) is 36.4 Å². The van der Waals surface area contributed by atoms with Gasteiger partial charge >= 0.3 is 0 Å². The van der Waals surface area contributed by atoms with E-state index in [2.05, 4.69) is 20.5 Å². The molecule has 5 rings (SSSR count). The number of nitrogens with two attached hydrogens (primary N) is 4. The van der Waals surface area contributed by atoms with E-state index in [4.69, 9.17) is 44.5 Å². The highest BCUT2D eigenvalue weighted by Gasteiger charge is 2.30. The zero-order valence-corrected chi connectivity index (χ0v) is 24.0. The van der Waals surface area contributed by atoms with Crippen molar-refractivity contribution in [3.05, 3.63) is 53.1 Å². The predicted molar refractivity (Wildman–Crippen MR) is 165 cm³/mol. The van der Waals surface area contributed by atoms with E-state index in [1.807, 2.05) is 4.90 Å². The Labute approximate surface area is 249 Å². The van der Waals surface area contributed by atoms with E-state index in [0.717, 1.165) is 12.8 Å². The number of hydrogen-bond acceptors (Lipinski definition) is 12. The average molecular weight is 596 g/mol. The quantitative estimate of drug-likeness (QED) is 0.184. The number of phenolic OH excluding ortho intramolecular Hbond substituents is 1. The van der Waals surface area contributed by atoms with Gasteiger partial charge in [-0.15, -0.1) is 0 Å². The standard InChI is InChI=1S/C28H38ClN11O2/c29-19-3-1-18(2-4-19)25(42)35-23-6-5-22(9-24(23)41)34-26-36-27(39-12-16(10-30)7-17(11-31)13-39)38-28(37-26)40-14-20(32)8-21(33)15-40/h1-6,9,16-17,20-21,41H,7-8,10-15,30-33H2,(H,35,42)(H,34,36,37,38)/t16-,17+,20-,21+. The van der Waals surface area contributed by atoms with E-state index in [1.165, 1.54) is 6.07 Å². The summed E-state index contributed by atoms with van der Waals surface area (Å²) in [6.07, 6.45) is 1.69. The number of halogens is 1. The lowest BCUT2D eigenvalue weighted by Gasteiger charge is -2.38. The molecule has 2 aliphatic rings. The summed E-state index contributed by atoms with van der Waals surface area (Å²) in [7, 11) is 0. The van der Waals surface area contributed by atoms with Crippen LogP contribution in [0.3, 0.4) is 0 Å². The zero-order chi connectivity index (χ0) is 29.8. The lowest BCUT2D eigenvalue weighted by molar-refractivity contribution is 0.102. The predicted octanol–water partition coefficient (Wildman–Crippen LogP) is 1.45. The lowest BCUT2D eigenvalue weighted by Crippen LogP contribution is -2.53. The Morgan fingerprint density at radius 3 is 2.05 bits per heavy atom. The Morgan fingerprint density at radius 2 is 1.48 bits per heavy atom. The molecule has 224 valence electrons. The minimum absolute atomic E-state index is 0.101. The number of carbonyl (C=O) groups excluding carboxylic acids is 1. The van der Waals surface area contributed by atoms with Gasteiger partial charge in [0.15, 0.2) is 0 Å². The highest BCUT2D eigenvalue weighted by Crippen LogP contribution is 2.31. The molecule has 2 aromatic carbocycles. The van der Waals surface area contributed by atoms with Gasteiger partial charge in [0.05, 0.1) is 5.69 Å². The van der Waals surface area contributed by atoms with Crippen molar-refractivity contribution >= 4 is 46.7 Å². The monoisotopic (exact) mass is 595 g/mol. The van der Waals surface area contributed by atoms with Crippen LogP contribution in [0.25, 0.3) is 0 Å². The summed E-state index contributed by atoms with van der Waals surface area (Å²) in [5.41, 5.74) is 25.8. The second kappa shape index (κ2) is 13.0. The molecule has 0 spiro atoms. The van der Waals surface area contributed by atoms with Crippen LogP contribution >= 0.6 is 11.6 Å². The molecule has 2 saturated heterocycles. The first kappa shape index (κ1) is 29.7.